The Kier molecular flexibility index (Phi) is 3.48. The van der Waals surface area contributed by atoms with Gasteiger partial charge in [0.2, 0.25) is 0 Å². The van der Waals surface area contributed by atoms with E-state index < -0.39 is 0 Å². The van der Waals surface area contributed by atoms with Crippen molar-refractivity contribution < 1.29 is 0 Å². The molecule has 0 radical (unpaired) electrons. The lowest BCUT2D eigenvalue weighted by Gasteiger charge is -2.11. The van der Waals surface area contributed by atoms with E-state index in [1.54, 1.807) is 0 Å². The second kappa shape index (κ2) is 4.88. The lowest BCUT2D eigenvalue weighted by molar-refractivity contribution is 1.17. The van der Waals surface area contributed by atoms with E-state index in [2.05, 4.69) is 58.3 Å². The van der Waals surface area contributed by atoms with Gasteiger partial charge in [-0.25, -0.2) is 4.98 Å². The number of nitrogens with zero attached hydrogens (tertiary/aromatic N) is 1. The van der Waals surface area contributed by atoms with Crippen molar-refractivity contribution in [1.29, 1.82) is 0 Å². The van der Waals surface area contributed by atoms with E-state index in [9.17, 15) is 0 Å². The minimum atomic E-state index is 0.874. The van der Waals surface area contributed by atoms with E-state index in [1.807, 2.05) is 19.1 Å². The Morgan fingerprint density at radius 3 is 2.53 bits per heavy atom. The first-order chi connectivity index (χ1) is 8.08. The second-order valence-electron chi connectivity index (χ2n) is 4.14. The SMILES string of the molecule is Cc1cccc(Nc2ccc(Br)c(C)n2)c1C. The van der Waals surface area contributed by atoms with E-state index in [-0.39, 0.29) is 0 Å². The molecule has 0 bridgehead atoms. The van der Waals surface area contributed by atoms with Crippen molar-refractivity contribution in [2.75, 3.05) is 5.32 Å². The first kappa shape index (κ1) is 12.1. The number of anilines is 2. The van der Waals surface area contributed by atoms with Gasteiger partial charge >= 0.3 is 0 Å². The van der Waals surface area contributed by atoms with E-state index in [4.69, 9.17) is 0 Å². The molecule has 0 amide bonds. The molecular formula is C14H15BrN2. The van der Waals surface area contributed by atoms with Crippen LogP contribution in [-0.2, 0) is 0 Å². The number of nitrogens with one attached hydrogen (secondary N) is 1. The molecule has 0 aliphatic heterocycles. The van der Waals surface area contributed by atoms with Crippen LogP contribution in [0.3, 0.4) is 0 Å². The van der Waals surface area contributed by atoms with Gasteiger partial charge in [-0.2, -0.15) is 0 Å². The monoisotopic (exact) mass is 290 g/mol. The van der Waals surface area contributed by atoms with Crippen LogP contribution in [0.15, 0.2) is 34.8 Å². The molecule has 1 N–H and O–H groups in total. The quantitative estimate of drug-likeness (QED) is 0.880. The molecule has 0 aliphatic carbocycles. The molecule has 0 aliphatic rings. The number of pyridine rings is 1. The van der Waals surface area contributed by atoms with Crippen LogP contribution in [0.2, 0.25) is 0 Å². The van der Waals surface area contributed by atoms with Gasteiger partial charge in [0.1, 0.15) is 5.82 Å². The van der Waals surface area contributed by atoms with Crippen LogP contribution in [0.25, 0.3) is 0 Å². The first-order valence-corrected chi connectivity index (χ1v) is 6.33. The Morgan fingerprint density at radius 2 is 1.82 bits per heavy atom. The molecule has 0 saturated carbocycles. The van der Waals surface area contributed by atoms with Gasteiger partial charge in [0, 0.05) is 10.2 Å². The number of aromatic nitrogens is 1. The summed E-state index contributed by atoms with van der Waals surface area (Å²) in [4.78, 5) is 4.48. The highest BCUT2D eigenvalue weighted by Crippen LogP contribution is 2.23. The topological polar surface area (TPSA) is 24.9 Å². The molecule has 88 valence electrons. The molecule has 3 heteroatoms. The largest absolute Gasteiger partial charge is 0.340 e. The number of hydrogen-bond acceptors (Lipinski definition) is 2. The maximum Gasteiger partial charge on any atom is 0.130 e. The van der Waals surface area contributed by atoms with Crippen molar-refractivity contribution in [2.24, 2.45) is 0 Å². The number of aryl methyl sites for hydroxylation is 2. The number of hydrogen-bond donors (Lipinski definition) is 1. The van der Waals surface area contributed by atoms with E-state index in [0.29, 0.717) is 0 Å². The molecule has 0 fully saturated rings. The molecule has 1 aromatic heterocycles. The molecule has 17 heavy (non-hydrogen) atoms. The highest BCUT2D eigenvalue weighted by molar-refractivity contribution is 9.10. The Hall–Kier alpha value is -1.35. The van der Waals surface area contributed by atoms with Gasteiger partial charge in [-0.15, -0.1) is 0 Å². The Balaban J connectivity index is 2.31. The average Bonchev–Trinajstić information content (AvgIpc) is 2.30. The van der Waals surface area contributed by atoms with Crippen LogP contribution >= 0.6 is 15.9 Å². The summed E-state index contributed by atoms with van der Waals surface area (Å²) in [5.74, 6) is 0.874. The Bertz CT molecular complexity index is 550. The number of halogens is 1. The van der Waals surface area contributed by atoms with E-state index >= 15 is 0 Å². The summed E-state index contributed by atoms with van der Waals surface area (Å²) in [6, 6.07) is 10.2. The van der Waals surface area contributed by atoms with Gasteiger partial charge in [-0.1, -0.05) is 12.1 Å². The summed E-state index contributed by atoms with van der Waals surface area (Å²) in [7, 11) is 0. The normalized spacial score (nSPS) is 10.4. The maximum atomic E-state index is 4.48. The van der Waals surface area contributed by atoms with Crippen LogP contribution in [0.4, 0.5) is 11.5 Å². The van der Waals surface area contributed by atoms with Crippen LogP contribution in [0.1, 0.15) is 16.8 Å². The summed E-state index contributed by atoms with van der Waals surface area (Å²) in [5, 5.41) is 3.35. The van der Waals surface area contributed by atoms with Gasteiger partial charge in [0.05, 0.1) is 5.69 Å². The van der Waals surface area contributed by atoms with Crippen molar-refractivity contribution >= 4 is 27.4 Å². The third-order valence-corrected chi connectivity index (χ3v) is 3.73. The van der Waals surface area contributed by atoms with Crippen LogP contribution < -0.4 is 5.32 Å². The second-order valence-corrected chi connectivity index (χ2v) is 4.99. The predicted molar refractivity (Wildman–Crippen MR) is 75.9 cm³/mol. The van der Waals surface area contributed by atoms with Gasteiger partial charge in [-0.05, 0) is 66.0 Å². The molecule has 2 rings (SSSR count). The summed E-state index contributed by atoms with van der Waals surface area (Å²) in [6.45, 7) is 6.21. The standard InChI is InChI=1S/C14H15BrN2/c1-9-5-4-6-13(10(9)2)17-14-8-7-12(15)11(3)16-14/h4-8H,1-3H3,(H,16,17). The highest BCUT2D eigenvalue weighted by atomic mass is 79.9. The molecule has 0 spiro atoms. The third-order valence-electron chi connectivity index (χ3n) is 2.89. The molecule has 0 atom stereocenters. The Morgan fingerprint density at radius 1 is 1.06 bits per heavy atom. The van der Waals surface area contributed by atoms with Gasteiger partial charge < -0.3 is 5.32 Å². The summed E-state index contributed by atoms with van der Waals surface area (Å²) < 4.78 is 1.03. The lowest BCUT2D eigenvalue weighted by Crippen LogP contribution is -1.98. The zero-order valence-electron chi connectivity index (χ0n) is 10.2. The predicted octanol–water partition coefficient (Wildman–Crippen LogP) is 4.51. The summed E-state index contributed by atoms with van der Waals surface area (Å²) in [5.41, 5.74) is 4.64. The fourth-order valence-electron chi connectivity index (χ4n) is 1.64. The van der Waals surface area contributed by atoms with Crippen molar-refractivity contribution in [2.45, 2.75) is 20.8 Å². The van der Waals surface area contributed by atoms with Crippen LogP contribution in [-0.4, -0.2) is 4.98 Å². The molecule has 0 saturated heterocycles. The Labute approximate surface area is 110 Å². The summed E-state index contributed by atoms with van der Waals surface area (Å²) >= 11 is 3.45. The third kappa shape index (κ3) is 2.67. The molecule has 0 unspecified atom stereocenters. The van der Waals surface area contributed by atoms with Crippen LogP contribution in [0.5, 0.6) is 0 Å². The number of rotatable bonds is 2. The zero-order valence-corrected chi connectivity index (χ0v) is 11.8. The fourth-order valence-corrected chi connectivity index (χ4v) is 1.86. The lowest BCUT2D eigenvalue weighted by atomic mass is 10.1. The summed E-state index contributed by atoms with van der Waals surface area (Å²) in [6.07, 6.45) is 0. The minimum absolute atomic E-state index is 0.874. The average molecular weight is 291 g/mol. The first-order valence-electron chi connectivity index (χ1n) is 5.54. The molecule has 1 aromatic carbocycles. The maximum absolute atomic E-state index is 4.48. The highest BCUT2D eigenvalue weighted by Gasteiger charge is 2.03. The fraction of sp³-hybridized carbons (Fsp3) is 0.214. The molecule has 2 nitrogen and oxygen atoms in total. The van der Waals surface area contributed by atoms with Crippen molar-refractivity contribution in [3.05, 3.63) is 51.6 Å². The number of benzene rings is 1. The zero-order chi connectivity index (χ0) is 12.4. The van der Waals surface area contributed by atoms with Crippen molar-refractivity contribution in [1.82, 2.24) is 4.98 Å². The van der Waals surface area contributed by atoms with Gasteiger partial charge in [0.25, 0.3) is 0 Å². The van der Waals surface area contributed by atoms with Crippen molar-refractivity contribution in [3.63, 3.8) is 0 Å². The smallest absolute Gasteiger partial charge is 0.130 e. The molecular weight excluding hydrogens is 276 g/mol. The van der Waals surface area contributed by atoms with Crippen molar-refractivity contribution in [3.8, 4) is 0 Å². The van der Waals surface area contributed by atoms with Gasteiger partial charge in [0.15, 0.2) is 0 Å². The van der Waals surface area contributed by atoms with Crippen LogP contribution in [0, 0.1) is 20.8 Å². The van der Waals surface area contributed by atoms with E-state index in [1.165, 1.54) is 11.1 Å². The molecule has 2 aromatic rings. The van der Waals surface area contributed by atoms with Gasteiger partial charge in [-0.3, -0.25) is 0 Å². The molecule has 1 heterocycles. The minimum Gasteiger partial charge on any atom is -0.340 e. The van der Waals surface area contributed by atoms with E-state index in [0.717, 1.165) is 21.7 Å².